The van der Waals surface area contributed by atoms with Crippen LogP contribution in [0.5, 0.6) is 5.75 Å². The van der Waals surface area contributed by atoms with Gasteiger partial charge in [-0.3, -0.25) is 10.2 Å². The molecule has 0 atom stereocenters. The number of carbonyl (C=O) groups is 1. The summed E-state index contributed by atoms with van der Waals surface area (Å²) < 4.78 is 29.0. The largest absolute Gasteiger partial charge is 0.496 e. The minimum atomic E-state index is -3.72. The summed E-state index contributed by atoms with van der Waals surface area (Å²) in [4.78, 5) is 14.1. The molecule has 0 spiro atoms. The molecule has 122 valence electrons. The van der Waals surface area contributed by atoms with Crippen molar-refractivity contribution in [3.8, 4) is 5.75 Å². The Balaban J connectivity index is 2.05. The van der Waals surface area contributed by atoms with Crippen LogP contribution in [0.15, 0.2) is 48.5 Å². The third-order valence-electron chi connectivity index (χ3n) is 2.93. The predicted octanol–water partition coefficient (Wildman–Crippen LogP) is 2.11. The Kier molecular flexibility index (Phi) is 5.59. The van der Waals surface area contributed by atoms with Gasteiger partial charge in [0.1, 0.15) is 5.75 Å². The Morgan fingerprint density at radius 1 is 1.17 bits per heavy atom. The van der Waals surface area contributed by atoms with Crippen LogP contribution in [0.4, 0.5) is 0 Å². The van der Waals surface area contributed by atoms with Crippen LogP contribution in [-0.4, -0.2) is 21.4 Å². The van der Waals surface area contributed by atoms with E-state index in [1.54, 1.807) is 36.4 Å². The molecule has 2 aromatic carbocycles. The van der Waals surface area contributed by atoms with Gasteiger partial charge >= 0.3 is 0 Å². The van der Waals surface area contributed by atoms with E-state index in [0.717, 1.165) is 0 Å². The number of hydrazine groups is 1. The smallest absolute Gasteiger partial charge is 0.270 e. The highest BCUT2D eigenvalue weighted by Crippen LogP contribution is 2.22. The third kappa shape index (κ3) is 4.95. The number of hydrogen-bond donors (Lipinski definition) is 2. The van der Waals surface area contributed by atoms with Crippen LogP contribution in [-0.2, 0) is 15.8 Å². The fourth-order valence-electron chi connectivity index (χ4n) is 1.88. The molecule has 2 rings (SSSR count). The van der Waals surface area contributed by atoms with Crippen LogP contribution in [0, 0.1) is 0 Å². The van der Waals surface area contributed by atoms with Gasteiger partial charge < -0.3 is 4.74 Å². The first-order chi connectivity index (χ1) is 10.9. The van der Waals surface area contributed by atoms with Gasteiger partial charge in [0, 0.05) is 5.02 Å². The number of carbonyl (C=O) groups excluding carboxylic acids is 1. The lowest BCUT2D eigenvalue weighted by atomic mass is 10.2. The van der Waals surface area contributed by atoms with Gasteiger partial charge in [-0.05, 0) is 23.8 Å². The number of nitrogens with one attached hydrogen (secondary N) is 2. The second-order valence-electron chi connectivity index (χ2n) is 4.65. The maximum Gasteiger partial charge on any atom is 0.270 e. The highest BCUT2D eigenvalue weighted by molar-refractivity contribution is 7.88. The van der Waals surface area contributed by atoms with Gasteiger partial charge in [-0.1, -0.05) is 41.9 Å². The molecule has 0 heterocycles. The van der Waals surface area contributed by atoms with E-state index in [1.807, 2.05) is 0 Å². The van der Waals surface area contributed by atoms with Gasteiger partial charge in [-0.15, -0.1) is 4.83 Å². The molecule has 0 aromatic heterocycles. The van der Waals surface area contributed by atoms with E-state index < -0.39 is 15.9 Å². The predicted molar refractivity (Wildman–Crippen MR) is 87.7 cm³/mol. The van der Waals surface area contributed by atoms with Crippen molar-refractivity contribution in [2.45, 2.75) is 5.75 Å². The van der Waals surface area contributed by atoms with E-state index in [4.69, 9.17) is 16.3 Å². The molecule has 0 saturated heterocycles. The highest BCUT2D eigenvalue weighted by atomic mass is 35.5. The fourth-order valence-corrected chi connectivity index (χ4v) is 3.00. The second-order valence-corrected chi connectivity index (χ2v) is 6.80. The van der Waals surface area contributed by atoms with E-state index in [9.17, 15) is 13.2 Å². The summed E-state index contributed by atoms with van der Waals surface area (Å²) in [6.07, 6.45) is 0. The molecule has 2 aromatic rings. The van der Waals surface area contributed by atoms with Crippen molar-refractivity contribution in [1.82, 2.24) is 10.3 Å². The normalized spacial score (nSPS) is 11.0. The number of hydrogen-bond acceptors (Lipinski definition) is 4. The molecule has 0 bridgehead atoms. The van der Waals surface area contributed by atoms with Crippen molar-refractivity contribution >= 4 is 27.5 Å². The minimum Gasteiger partial charge on any atom is -0.496 e. The highest BCUT2D eigenvalue weighted by Gasteiger charge is 2.16. The lowest BCUT2D eigenvalue weighted by Crippen LogP contribution is -2.42. The number of sulfonamides is 1. The molecule has 0 unspecified atom stereocenters. The molecule has 6 nitrogen and oxygen atoms in total. The van der Waals surface area contributed by atoms with E-state index in [1.165, 1.54) is 19.2 Å². The molecule has 1 amide bonds. The van der Waals surface area contributed by atoms with Crippen molar-refractivity contribution in [2.24, 2.45) is 0 Å². The van der Waals surface area contributed by atoms with Crippen LogP contribution < -0.4 is 15.0 Å². The molecule has 0 fully saturated rings. The lowest BCUT2D eigenvalue weighted by Gasteiger charge is -2.11. The standard InChI is InChI=1S/C15H15ClN2O4S/c1-22-14-8-7-12(16)9-13(14)15(19)17-18-23(20,21)10-11-5-3-2-4-6-11/h2-9,18H,10H2,1H3,(H,17,19). The average Bonchev–Trinajstić information content (AvgIpc) is 2.53. The van der Waals surface area contributed by atoms with Gasteiger partial charge in [0.25, 0.3) is 5.91 Å². The zero-order valence-electron chi connectivity index (χ0n) is 12.2. The topological polar surface area (TPSA) is 84.5 Å². The second kappa shape index (κ2) is 7.45. The van der Waals surface area contributed by atoms with Gasteiger partial charge in [0.15, 0.2) is 0 Å². The summed E-state index contributed by atoms with van der Waals surface area (Å²) in [7, 11) is -2.32. The van der Waals surface area contributed by atoms with Crippen LogP contribution in [0.1, 0.15) is 15.9 Å². The number of benzene rings is 2. The van der Waals surface area contributed by atoms with Gasteiger partial charge in [-0.25, -0.2) is 8.42 Å². The molecule has 23 heavy (non-hydrogen) atoms. The van der Waals surface area contributed by atoms with Crippen molar-refractivity contribution in [3.05, 3.63) is 64.7 Å². The summed E-state index contributed by atoms with van der Waals surface area (Å²) in [5.41, 5.74) is 2.88. The van der Waals surface area contributed by atoms with E-state index in [2.05, 4.69) is 10.3 Å². The first-order valence-corrected chi connectivity index (χ1v) is 8.61. The van der Waals surface area contributed by atoms with Crippen LogP contribution in [0.25, 0.3) is 0 Å². The van der Waals surface area contributed by atoms with Crippen molar-refractivity contribution < 1.29 is 17.9 Å². The van der Waals surface area contributed by atoms with Crippen LogP contribution >= 0.6 is 11.6 Å². The summed E-state index contributed by atoms with van der Waals surface area (Å²) in [6, 6.07) is 13.1. The first-order valence-electron chi connectivity index (χ1n) is 6.58. The zero-order chi connectivity index (χ0) is 16.9. The number of halogens is 1. The Morgan fingerprint density at radius 2 is 1.87 bits per heavy atom. The van der Waals surface area contributed by atoms with E-state index in [0.29, 0.717) is 10.6 Å². The zero-order valence-corrected chi connectivity index (χ0v) is 13.8. The fraction of sp³-hybridized carbons (Fsp3) is 0.133. The van der Waals surface area contributed by atoms with Crippen molar-refractivity contribution in [3.63, 3.8) is 0 Å². The quantitative estimate of drug-likeness (QED) is 0.778. The number of amides is 1. The Hall–Kier alpha value is -2.09. The summed E-state index contributed by atoms with van der Waals surface area (Å²) in [5.74, 6) is -0.629. The summed E-state index contributed by atoms with van der Waals surface area (Å²) >= 11 is 5.84. The van der Waals surface area contributed by atoms with Gasteiger partial charge in [-0.2, -0.15) is 0 Å². The lowest BCUT2D eigenvalue weighted by molar-refractivity contribution is 0.0942. The number of ether oxygens (including phenoxy) is 1. The van der Waals surface area contributed by atoms with Gasteiger partial charge in [0.05, 0.1) is 18.4 Å². The Morgan fingerprint density at radius 3 is 2.52 bits per heavy atom. The molecule has 0 saturated carbocycles. The molecular formula is C15H15ClN2O4S. The summed E-state index contributed by atoms with van der Waals surface area (Å²) in [5, 5.41) is 0.336. The van der Waals surface area contributed by atoms with Crippen molar-refractivity contribution in [2.75, 3.05) is 7.11 Å². The number of rotatable bonds is 6. The Bertz CT molecular complexity index is 794. The SMILES string of the molecule is COc1ccc(Cl)cc1C(=O)NNS(=O)(=O)Cc1ccccc1. The average molecular weight is 355 g/mol. The third-order valence-corrected chi connectivity index (χ3v) is 4.29. The molecular weight excluding hydrogens is 340 g/mol. The molecule has 0 aliphatic rings. The molecule has 0 radical (unpaired) electrons. The number of methoxy groups -OCH3 is 1. The maximum absolute atomic E-state index is 12.1. The first kappa shape index (κ1) is 17.3. The Labute approximate surface area is 139 Å². The van der Waals surface area contributed by atoms with Crippen LogP contribution in [0.3, 0.4) is 0 Å². The molecule has 0 aliphatic carbocycles. The van der Waals surface area contributed by atoms with Crippen molar-refractivity contribution in [1.29, 1.82) is 0 Å². The minimum absolute atomic E-state index is 0.127. The monoisotopic (exact) mass is 354 g/mol. The van der Waals surface area contributed by atoms with Gasteiger partial charge in [0.2, 0.25) is 10.0 Å². The van der Waals surface area contributed by atoms with E-state index >= 15 is 0 Å². The summed E-state index contributed by atoms with van der Waals surface area (Å²) in [6.45, 7) is 0. The molecule has 8 heteroatoms. The van der Waals surface area contributed by atoms with E-state index in [-0.39, 0.29) is 17.1 Å². The molecule has 0 aliphatic heterocycles. The maximum atomic E-state index is 12.1. The molecule has 2 N–H and O–H groups in total. The van der Waals surface area contributed by atoms with Crippen LogP contribution in [0.2, 0.25) is 5.02 Å².